The van der Waals surface area contributed by atoms with Gasteiger partial charge < -0.3 is 9.64 Å². The molecular formula is C19H23N3OS. The number of morpholine rings is 1. The van der Waals surface area contributed by atoms with Crippen molar-refractivity contribution >= 4 is 17.6 Å². The Morgan fingerprint density at radius 1 is 1.12 bits per heavy atom. The summed E-state index contributed by atoms with van der Waals surface area (Å²) in [5.74, 6) is 1.91. The Hall–Kier alpha value is -1.59. The summed E-state index contributed by atoms with van der Waals surface area (Å²) in [4.78, 5) is 11.6. The molecule has 2 heterocycles. The van der Waals surface area contributed by atoms with Gasteiger partial charge in [-0.3, -0.25) is 4.98 Å². The molecule has 1 aromatic heterocycles. The molecule has 1 saturated carbocycles. The van der Waals surface area contributed by atoms with Crippen LogP contribution in [0.1, 0.15) is 31.2 Å². The van der Waals surface area contributed by atoms with Crippen LogP contribution in [-0.4, -0.2) is 35.3 Å². The highest BCUT2D eigenvalue weighted by Gasteiger charge is 2.39. The summed E-state index contributed by atoms with van der Waals surface area (Å²) in [7, 11) is 0. The Bertz CT molecular complexity index is 673. The van der Waals surface area contributed by atoms with E-state index in [0.29, 0.717) is 0 Å². The molecule has 126 valence electrons. The minimum absolute atomic E-state index is 0.0626. The predicted octanol–water partition coefficient (Wildman–Crippen LogP) is 3.92. The number of nitrogens with zero attached hydrogens (tertiary/aromatic N) is 3. The predicted molar refractivity (Wildman–Crippen MR) is 97.4 cm³/mol. The van der Waals surface area contributed by atoms with Crippen LogP contribution in [0, 0.1) is 0 Å². The molecule has 24 heavy (non-hydrogen) atoms. The van der Waals surface area contributed by atoms with Gasteiger partial charge in [-0.2, -0.15) is 0 Å². The number of ether oxygens (including phenoxy) is 1. The van der Waals surface area contributed by atoms with Crippen molar-refractivity contribution in [1.29, 1.82) is 0 Å². The van der Waals surface area contributed by atoms with Crippen LogP contribution >= 0.6 is 11.8 Å². The van der Waals surface area contributed by atoms with Gasteiger partial charge >= 0.3 is 0 Å². The largest absolute Gasteiger partial charge is 0.371 e. The van der Waals surface area contributed by atoms with Crippen LogP contribution in [0.2, 0.25) is 0 Å². The second-order valence-electron chi connectivity index (χ2n) is 6.65. The van der Waals surface area contributed by atoms with Crippen molar-refractivity contribution in [2.45, 2.75) is 42.1 Å². The SMILES string of the molecule is c1ccc(CSc2cncc(N3CCOC4(CCCC4)C3)n2)cc1. The van der Waals surface area contributed by atoms with E-state index in [1.807, 2.05) is 18.5 Å². The van der Waals surface area contributed by atoms with E-state index < -0.39 is 0 Å². The third-order valence-electron chi connectivity index (χ3n) is 4.92. The van der Waals surface area contributed by atoms with Crippen molar-refractivity contribution in [3.05, 3.63) is 48.3 Å². The molecule has 0 bridgehead atoms. The summed E-state index contributed by atoms with van der Waals surface area (Å²) >= 11 is 1.74. The second-order valence-corrected chi connectivity index (χ2v) is 7.65. The summed E-state index contributed by atoms with van der Waals surface area (Å²) in [6.07, 6.45) is 8.68. The van der Waals surface area contributed by atoms with E-state index >= 15 is 0 Å². The third kappa shape index (κ3) is 3.57. The Balaban J connectivity index is 1.44. The lowest BCUT2D eigenvalue weighted by Gasteiger charge is -2.41. The first-order valence-corrected chi connectivity index (χ1v) is 9.69. The molecule has 2 aromatic rings. The molecule has 1 aliphatic heterocycles. The van der Waals surface area contributed by atoms with Crippen LogP contribution in [0.15, 0.2) is 47.8 Å². The van der Waals surface area contributed by atoms with Crippen molar-refractivity contribution in [2.75, 3.05) is 24.6 Å². The number of hydrogen-bond acceptors (Lipinski definition) is 5. The number of aromatic nitrogens is 2. The quantitative estimate of drug-likeness (QED) is 0.788. The van der Waals surface area contributed by atoms with Gasteiger partial charge in [-0.25, -0.2) is 4.98 Å². The zero-order valence-corrected chi connectivity index (χ0v) is 14.7. The summed E-state index contributed by atoms with van der Waals surface area (Å²) < 4.78 is 6.12. The van der Waals surface area contributed by atoms with Crippen LogP contribution in [0.25, 0.3) is 0 Å². The minimum Gasteiger partial charge on any atom is -0.371 e. The summed E-state index contributed by atoms with van der Waals surface area (Å²) in [5, 5.41) is 0.989. The van der Waals surface area contributed by atoms with Crippen LogP contribution in [0.4, 0.5) is 5.82 Å². The van der Waals surface area contributed by atoms with Gasteiger partial charge in [-0.05, 0) is 18.4 Å². The molecule has 4 rings (SSSR count). The molecule has 1 aromatic carbocycles. The lowest BCUT2D eigenvalue weighted by molar-refractivity contribution is -0.0503. The Morgan fingerprint density at radius 3 is 2.79 bits per heavy atom. The second kappa shape index (κ2) is 7.11. The smallest absolute Gasteiger partial charge is 0.148 e. The molecule has 1 saturated heterocycles. The monoisotopic (exact) mass is 341 g/mol. The fourth-order valence-corrected chi connectivity index (χ4v) is 4.45. The lowest BCUT2D eigenvalue weighted by Crippen LogP contribution is -2.50. The molecule has 4 nitrogen and oxygen atoms in total. The van der Waals surface area contributed by atoms with Gasteiger partial charge in [0.1, 0.15) is 10.8 Å². The van der Waals surface area contributed by atoms with Gasteiger partial charge in [-0.1, -0.05) is 43.2 Å². The maximum atomic E-state index is 6.12. The van der Waals surface area contributed by atoms with Crippen LogP contribution in [-0.2, 0) is 10.5 Å². The zero-order valence-electron chi connectivity index (χ0n) is 13.9. The van der Waals surface area contributed by atoms with Crippen LogP contribution in [0.3, 0.4) is 0 Å². The van der Waals surface area contributed by atoms with Crippen LogP contribution in [0.5, 0.6) is 0 Å². The van der Waals surface area contributed by atoms with E-state index in [2.05, 4.69) is 34.1 Å². The van der Waals surface area contributed by atoms with Gasteiger partial charge in [0.2, 0.25) is 0 Å². The van der Waals surface area contributed by atoms with Gasteiger partial charge in [0.15, 0.2) is 0 Å². The lowest BCUT2D eigenvalue weighted by atomic mass is 10.00. The number of benzene rings is 1. The van der Waals surface area contributed by atoms with Gasteiger partial charge in [0.25, 0.3) is 0 Å². The summed E-state index contributed by atoms with van der Waals surface area (Å²) in [5.41, 5.74) is 1.37. The molecular weight excluding hydrogens is 318 g/mol. The fourth-order valence-electron chi connectivity index (χ4n) is 3.65. The van der Waals surface area contributed by atoms with E-state index in [0.717, 1.165) is 36.3 Å². The standard InChI is InChI=1S/C19H23N3OS/c1-2-6-16(7-3-1)14-24-18-13-20-12-17(21-18)22-10-11-23-19(15-22)8-4-5-9-19/h1-3,6-7,12-13H,4-5,8-11,14-15H2. The molecule has 2 aliphatic rings. The molecule has 0 radical (unpaired) electrons. The third-order valence-corrected chi connectivity index (χ3v) is 5.89. The van der Waals surface area contributed by atoms with E-state index in [1.165, 1.54) is 31.2 Å². The Kier molecular flexibility index (Phi) is 4.72. The summed E-state index contributed by atoms with van der Waals surface area (Å²) in [6, 6.07) is 10.5. The first-order valence-electron chi connectivity index (χ1n) is 8.71. The van der Waals surface area contributed by atoms with Gasteiger partial charge in [0.05, 0.1) is 24.6 Å². The number of rotatable bonds is 4. The molecule has 0 amide bonds. The summed E-state index contributed by atoms with van der Waals surface area (Å²) in [6.45, 7) is 2.65. The number of thioether (sulfide) groups is 1. The maximum Gasteiger partial charge on any atom is 0.148 e. The molecule has 2 fully saturated rings. The van der Waals surface area contributed by atoms with Crippen molar-refractivity contribution in [3.63, 3.8) is 0 Å². The first kappa shape index (κ1) is 15.9. The van der Waals surface area contributed by atoms with Gasteiger partial charge in [0, 0.05) is 18.8 Å². The van der Waals surface area contributed by atoms with Crippen molar-refractivity contribution in [3.8, 4) is 0 Å². The molecule has 0 unspecified atom stereocenters. The Morgan fingerprint density at radius 2 is 1.96 bits per heavy atom. The zero-order chi connectivity index (χ0) is 16.2. The van der Waals surface area contributed by atoms with Crippen LogP contribution < -0.4 is 4.90 Å². The van der Waals surface area contributed by atoms with E-state index in [9.17, 15) is 0 Å². The maximum absolute atomic E-state index is 6.12. The number of anilines is 1. The van der Waals surface area contributed by atoms with Crippen molar-refractivity contribution in [2.24, 2.45) is 0 Å². The average Bonchev–Trinajstić information content (AvgIpc) is 3.09. The normalized spacial score (nSPS) is 19.8. The highest BCUT2D eigenvalue weighted by atomic mass is 32.2. The van der Waals surface area contributed by atoms with Gasteiger partial charge in [-0.15, -0.1) is 11.8 Å². The molecule has 0 atom stereocenters. The fraction of sp³-hybridized carbons (Fsp3) is 0.474. The highest BCUT2D eigenvalue weighted by Crippen LogP contribution is 2.37. The van der Waals surface area contributed by atoms with E-state index in [-0.39, 0.29) is 5.60 Å². The number of hydrogen-bond donors (Lipinski definition) is 0. The molecule has 1 spiro atoms. The van der Waals surface area contributed by atoms with E-state index in [1.54, 1.807) is 11.8 Å². The Labute approximate surface area is 147 Å². The molecule has 5 heteroatoms. The van der Waals surface area contributed by atoms with Crippen molar-refractivity contribution < 1.29 is 4.74 Å². The first-order chi connectivity index (χ1) is 11.8. The van der Waals surface area contributed by atoms with E-state index in [4.69, 9.17) is 9.72 Å². The van der Waals surface area contributed by atoms with Crippen molar-refractivity contribution in [1.82, 2.24) is 9.97 Å². The molecule has 1 aliphatic carbocycles. The minimum atomic E-state index is 0.0626. The highest BCUT2D eigenvalue weighted by molar-refractivity contribution is 7.98. The topological polar surface area (TPSA) is 38.2 Å². The molecule has 0 N–H and O–H groups in total. The average molecular weight is 341 g/mol.